The van der Waals surface area contributed by atoms with Gasteiger partial charge in [0.25, 0.3) is 0 Å². The van der Waals surface area contributed by atoms with E-state index in [0.717, 1.165) is 29.0 Å². The van der Waals surface area contributed by atoms with Gasteiger partial charge in [-0.1, -0.05) is 0 Å². The van der Waals surface area contributed by atoms with Crippen LogP contribution in [0.5, 0.6) is 0 Å². The predicted octanol–water partition coefficient (Wildman–Crippen LogP) is 2.15. The minimum Gasteiger partial charge on any atom is -0.477 e. The Labute approximate surface area is 191 Å². The number of anilines is 1. The maximum absolute atomic E-state index is 15.1. The van der Waals surface area contributed by atoms with E-state index >= 15 is 4.39 Å². The number of hydrogen-bond acceptors (Lipinski definition) is 5. The number of pyridine rings is 1. The summed E-state index contributed by atoms with van der Waals surface area (Å²) in [6.07, 6.45) is 0.927. The summed E-state index contributed by atoms with van der Waals surface area (Å²) in [5, 5.41) is 11.9. The van der Waals surface area contributed by atoms with Crippen molar-refractivity contribution in [2.75, 3.05) is 11.4 Å². The summed E-state index contributed by atoms with van der Waals surface area (Å²) < 4.78 is 44.2. The van der Waals surface area contributed by atoms with Crippen LogP contribution in [0.1, 0.15) is 24.2 Å². The summed E-state index contributed by atoms with van der Waals surface area (Å²) >= 11 is 0. The van der Waals surface area contributed by atoms with Crippen LogP contribution in [0.25, 0.3) is 16.6 Å². The molecule has 34 heavy (non-hydrogen) atoms. The molecule has 1 fully saturated rings. The van der Waals surface area contributed by atoms with Crippen LogP contribution in [0.15, 0.2) is 41.3 Å². The zero-order valence-corrected chi connectivity index (χ0v) is 18.2. The molecule has 1 saturated heterocycles. The number of carboxylic acid groups (broad SMARTS) is 1. The zero-order valence-electron chi connectivity index (χ0n) is 18.2. The molecule has 0 unspecified atom stereocenters. The van der Waals surface area contributed by atoms with Crippen LogP contribution >= 0.6 is 0 Å². The Balaban J connectivity index is 1.85. The van der Waals surface area contributed by atoms with E-state index in [1.54, 1.807) is 18.7 Å². The minimum absolute atomic E-state index is 0.0344. The highest BCUT2D eigenvalue weighted by Gasteiger charge is 2.38. The number of halogens is 3. The van der Waals surface area contributed by atoms with Crippen molar-refractivity contribution in [3.8, 4) is 5.69 Å². The van der Waals surface area contributed by atoms with Crippen molar-refractivity contribution < 1.29 is 27.9 Å². The van der Waals surface area contributed by atoms with Crippen molar-refractivity contribution in [3.63, 3.8) is 0 Å². The van der Waals surface area contributed by atoms with Gasteiger partial charge in [0.05, 0.1) is 29.0 Å². The molecule has 1 aliphatic rings. The fraction of sp³-hybridized carbons (Fsp3) is 0.261. The van der Waals surface area contributed by atoms with Crippen molar-refractivity contribution in [2.24, 2.45) is 5.73 Å². The lowest BCUT2D eigenvalue weighted by atomic mass is 9.95. The normalized spacial score (nSPS) is 18.5. The number of carbonyl (C=O) groups is 2. The lowest BCUT2D eigenvalue weighted by molar-refractivity contribution is -0.123. The van der Waals surface area contributed by atoms with Gasteiger partial charge in [0, 0.05) is 30.2 Å². The largest absolute Gasteiger partial charge is 0.477 e. The number of aromatic carboxylic acids is 1. The van der Waals surface area contributed by atoms with Crippen molar-refractivity contribution >= 4 is 28.5 Å². The Morgan fingerprint density at radius 3 is 2.41 bits per heavy atom. The molecule has 2 aromatic carbocycles. The van der Waals surface area contributed by atoms with Crippen LogP contribution < -0.4 is 21.4 Å². The van der Waals surface area contributed by atoms with Gasteiger partial charge in [0.1, 0.15) is 23.0 Å². The van der Waals surface area contributed by atoms with E-state index < -0.39 is 40.5 Å². The van der Waals surface area contributed by atoms with Gasteiger partial charge in [-0.25, -0.2) is 18.0 Å². The number of nitrogens with zero attached hydrogens (tertiary/aromatic N) is 2. The zero-order chi connectivity index (χ0) is 24.9. The van der Waals surface area contributed by atoms with E-state index in [-0.39, 0.29) is 46.8 Å². The first kappa shape index (κ1) is 23.3. The SMILES string of the molecule is C[C@@H](N)C(=O)N[C@@H]1CN(c2cc3c(cc2F)c(=O)c(C(=O)O)cn3-c2ccc(F)cc2F)[C@H]1C. The van der Waals surface area contributed by atoms with E-state index in [0.29, 0.717) is 6.07 Å². The van der Waals surface area contributed by atoms with Crippen LogP contribution in [-0.4, -0.2) is 46.2 Å². The van der Waals surface area contributed by atoms with Crippen LogP contribution in [0, 0.1) is 17.5 Å². The molecule has 0 saturated carbocycles. The van der Waals surface area contributed by atoms with E-state index in [9.17, 15) is 28.3 Å². The molecular formula is C23H21F3N4O4. The average molecular weight is 474 g/mol. The third-order valence-corrected chi connectivity index (χ3v) is 5.99. The first-order valence-electron chi connectivity index (χ1n) is 10.4. The lowest BCUT2D eigenvalue weighted by Gasteiger charge is -2.48. The smallest absolute Gasteiger partial charge is 0.341 e. The highest BCUT2D eigenvalue weighted by atomic mass is 19.1. The van der Waals surface area contributed by atoms with Crippen LogP contribution in [0.3, 0.4) is 0 Å². The molecule has 0 aliphatic carbocycles. The number of nitrogens with two attached hydrogens (primary N) is 1. The summed E-state index contributed by atoms with van der Waals surface area (Å²) in [5.74, 6) is -4.55. The van der Waals surface area contributed by atoms with Gasteiger partial charge < -0.3 is 25.6 Å². The number of aromatic nitrogens is 1. The number of carbonyl (C=O) groups excluding carboxylic acids is 1. The molecule has 8 nitrogen and oxygen atoms in total. The standard InChI is InChI=1S/C23H21F3N4O4/c1-10(27)22(32)28-17-9-29(11(17)2)20-7-19-13(6-16(20)26)21(31)14(23(33)34)8-30(19)18-4-3-12(24)5-15(18)25/h3-8,10-11,17H,9,27H2,1-2H3,(H,28,32)(H,33,34)/t10-,11+,17-/m1/s1. The van der Waals surface area contributed by atoms with Crippen molar-refractivity contribution in [1.29, 1.82) is 0 Å². The van der Waals surface area contributed by atoms with Gasteiger partial charge in [-0.05, 0) is 38.1 Å². The Bertz CT molecular complexity index is 1390. The molecule has 1 amide bonds. The molecule has 0 spiro atoms. The number of benzene rings is 2. The molecule has 3 aromatic rings. The van der Waals surface area contributed by atoms with Gasteiger partial charge in [0.2, 0.25) is 11.3 Å². The third-order valence-electron chi connectivity index (χ3n) is 5.99. The van der Waals surface area contributed by atoms with Crippen LogP contribution in [0.4, 0.5) is 18.9 Å². The van der Waals surface area contributed by atoms with E-state index in [1.165, 1.54) is 6.07 Å². The molecule has 178 valence electrons. The number of carboxylic acids is 1. The summed E-state index contributed by atoms with van der Waals surface area (Å²) in [4.78, 5) is 37.9. The number of rotatable bonds is 5. The van der Waals surface area contributed by atoms with Gasteiger partial charge in [-0.15, -0.1) is 0 Å². The topological polar surface area (TPSA) is 118 Å². The molecule has 0 radical (unpaired) electrons. The summed E-state index contributed by atoms with van der Waals surface area (Å²) in [6.45, 7) is 3.56. The minimum atomic E-state index is -1.57. The summed E-state index contributed by atoms with van der Waals surface area (Å²) in [5.41, 5.74) is 3.82. The molecule has 1 aliphatic heterocycles. The lowest BCUT2D eigenvalue weighted by Crippen LogP contribution is -2.67. The monoisotopic (exact) mass is 474 g/mol. The van der Waals surface area contributed by atoms with Crippen molar-refractivity contribution in [3.05, 3.63) is 69.8 Å². The second-order valence-corrected chi connectivity index (χ2v) is 8.26. The third kappa shape index (κ3) is 3.87. The molecule has 4 rings (SSSR count). The fourth-order valence-electron chi connectivity index (χ4n) is 3.99. The fourth-order valence-corrected chi connectivity index (χ4v) is 3.99. The molecule has 2 heterocycles. The van der Waals surface area contributed by atoms with Crippen molar-refractivity contribution in [1.82, 2.24) is 9.88 Å². The number of amides is 1. The van der Waals surface area contributed by atoms with Crippen LogP contribution in [0.2, 0.25) is 0 Å². The Kier molecular flexibility index (Phi) is 5.82. The van der Waals surface area contributed by atoms with Gasteiger partial charge in [0.15, 0.2) is 0 Å². The summed E-state index contributed by atoms with van der Waals surface area (Å²) in [7, 11) is 0. The number of hydrogen-bond donors (Lipinski definition) is 3. The van der Waals surface area contributed by atoms with Crippen molar-refractivity contribution in [2.45, 2.75) is 32.0 Å². The molecular weight excluding hydrogens is 453 g/mol. The molecule has 11 heteroatoms. The maximum atomic E-state index is 15.1. The summed E-state index contributed by atoms with van der Waals surface area (Å²) in [6, 6.07) is 3.58. The molecule has 0 bridgehead atoms. The highest BCUT2D eigenvalue weighted by molar-refractivity contribution is 5.94. The van der Waals surface area contributed by atoms with E-state index in [2.05, 4.69) is 5.32 Å². The quantitative estimate of drug-likeness (QED) is 0.522. The Morgan fingerprint density at radius 2 is 1.82 bits per heavy atom. The molecule has 4 N–H and O–H groups in total. The second kappa shape index (κ2) is 8.49. The van der Waals surface area contributed by atoms with Crippen LogP contribution in [-0.2, 0) is 4.79 Å². The van der Waals surface area contributed by atoms with Gasteiger partial charge in [-0.3, -0.25) is 9.59 Å². The molecule has 3 atom stereocenters. The first-order chi connectivity index (χ1) is 16.0. The average Bonchev–Trinajstić information content (AvgIpc) is 2.76. The Morgan fingerprint density at radius 1 is 1.15 bits per heavy atom. The predicted molar refractivity (Wildman–Crippen MR) is 119 cm³/mol. The first-order valence-corrected chi connectivity index (χ1v) is 10.4. The molecule has 1 aromatic heterocycles. The van der Waals surface area contributed by atoms with Gasteiger partial charge >= 0.3 is 5.97 Å². The highest BCUT2D eigenvalue weighted by Crippen LogP contribution is 2.33. The van der Waals surface area contributed by atoms with E-state index in [4.69, 9.17) is 5.73 Å². The maximum Gasteiger partial charge on any atom is 0.341 e. The Hall–Kier alpha value is -3.86. The second-order valence-electron chi connectivity index (χ2n) is 8.26. The van der Waals surface area contributed by atoms with E-state index in [1.807, 2.05) is 0 Å². The van der Waals surface area contributed by atoms with Gasteiger partial charge in [-0.2, -0.15) is 0 Å². The number of fused-ring (bicyclic) bond motifs is 1. The number of nitrogens with one attached hydrogen (secondary N) is 1.